The highest BCUT2D eigenvalue weighted by Gasteiger charge is 2.50. The smallest absolute Gasteiger partial charge is 0.264 e. The van der Waals surface area contributed by atoms with Gasteiger partial charge in [0, 0.05) is 5.56 Å². The third-order valence-electron chi connectivity index (χ3n) is 5.71. The summed E-state index contributed by atoms with van der Waals surface area (Å²) in [7, 11) is 0. The second-order valence-electron chi connectivity index (χ2n) is 7.84. The van der Waals surface area contributed by atoms with E-state index in [2.05, 4.69) is 0 Å². The number of para-hydroxylation sites is 1. The molecule has 5 rings (SSSR count). The number of benzene rings is 3. The Labute approximate surface area is 185 Å². The van der Waals surface area contributed by atoms with Gasteiger partial charge in [0.05, 0.1) is 18.7 Å². The molecule has 0 aliphatic carbocycles. The molecule has 6 nitrogen and oxygen atoms in total. The highest BCUT2D eigenvalue weighted by molar-refractivity contribution is 6.10. The number of amides is 1. The average Bonchev–Trinajstić information content (AvgIpc) is 3.36. The van der Waals surface area contributed by atoms with Crippen molar-refractivity contribution < 1.29 is 24.2 Å². The van der Waals surface area contributed by atoms with Gasteiger partial charge in [-0.25, -0.2) is 0 Å². The highest BCUT2D eigenvalue weighted by atomic mass is 16.7. The minimum absolute atomic E-state index is 0.176. The molecule has 0 radical (unpaired) electrons. The molecule has 160 valence electrons. The van der Waals surface area contributed by atoms with Crippen molar-refractivity contribution in [3.8, 4) is 11.5 Å². The Bertz CT molecular complexity index is 1220. The van der Waals surface area contributed by atoms with E-state index in [1.165, 1.54) is 6.08 Å². The monoisotopic (exact) mass is 427 g/mol. The van der Waals surface area contributed by atoms with E-state index in [1.807, 2.05) is 42.5 Å². The molecule has 1 atom stereocenters. The molecule has 2 aliphatic heterocycles. The van der Waals surface area contributed by atoms with E-state index in [0.29, 0.717) is 29.3 Å². The van der Waals surface area contributed by atoms with Crippen LogP contribution in [-0.2, 0) is 21.7 Å². The van der Waals surface area contributed by atoms with Gasteiger partial charge < -0.3 is 19.5 Å². The van der Waals surface area contributed by atoms with Gasteiger partial charge in [-0.15, -0.1) is 0 Å². The fourth-order valence-electron chi connectivity index (χ4n) is 4.12. The van der Waals surface area contributed by atoms with Crippen molar-refractivity contribution >= 4 is 23.5 Å². The number of hydrogen-bond donors (Lipinski definition) is 1. The molecule has 0 saturated heterocycles. The molecule has 0 saturated carbocycles. The van der Waals surface area contributed by atoms with Crippen LogP contribution in [0.2, 0.25) is 0 Å². The summed E-state index contributed by atoms with van der Waals surface area (Å²) in [6, 6.07) is 22.0. The van der Waals surface area contributed by atoms with Gasteiger partial charge in [-0.05, 0) is 35.4 Å². The number of ether oxygens (including phenoxy) is 2. The third-order valence-corrected chi connectivity index (χ3v) is 5.71. The van der Waals surface area contributed by atoms with E-state index in [9.17, 15) is 14.7 Å². The second kappa shape index (κ2) is 7.98. The van der Waals surface area contributed by atoms with Crippen LogP contribution in [0.5, 0.6) is 11.5 Å². The molecule has 3 aromatic rings. The molecule has 0 spiro atoms. The lowest BCUT2D eigenvalue weighted by molar-refractivity contribution is -0.140. The van der Waals surface area contributed by atoms with Gasteiger partial charge in [-0.2, -0.15) is 0 Å². The third kappa shape index (κ3) is 3.55. The molecule has 1 N–H and O–H groups in total. The largest absolute Gasteiger partial charge is 0.454 e. The van der Waals surface area contributed by atoms with Crippen LogP contribution in [-0.4, -0.2) is 23.6 Å². The van der Waals surface area contributed by atoms with E-state index in [1.54, 1.807) is 41.3 Å². The normalized spacial score (nSPS) is 18.9. The average molecular weight is 427 g/mol. The Morgan fingerprint density at radius 3 is 2.59 bits per heavy atom. The van der Waals surface area contributed by atoms with Crippen LogP contribution < -0.4 is 14.4 Å². The zero-order chi connectivity index (χ0) is 22.1. The van der Waals surface area contributed by atoms with Crippen LogP contribution in [0.1, 0.15) is 23.1 Å². The Morgan fingerprint density at radius 1 is 1.00 bits per heavy atom. The van der Waals surface area contributed by atoms with Gasteiger partial charge >= 0.3 is 0 Å². The maximum absolute atomic E-state index is 13.3. The number of carbonyl (C=O) groups excluding carboxylic acids is 2. The maximum Gasteiger partial charge on any atom is 0.264 e. The minimum atomic E-state index is -1.90. The number of ketones is 1. The lowest BCUT2D eigenvalue weighted by atomic mass is 9.89. The van der Waals surface area contributed by atoms with Crippen LogP contribution in [0.15, 0.2) is 78.9 Å². The quantitative estimate of drug-likeness (QED) is 0.606. The second-order valence-corrected chi connectivity index (χ2v) is 7.84. The van der Waals surface area contributed by atoms with Gasteiger partial charge in [-0.3, -0.25) is 9.59 Å². The predicted molar refractivity (Wildman–Crippen MR) is 119 cm³/mol. The van der Waals surface area contributed by atoms with Crippen LogP contribution in [0, 0.1) is 0 Å². The lowest BCUT2D eigenvalue weighted by Gasteiger charge is -2.22. The van der Waals surface area contributed by atoms with Crippen LogP contribution in [0.4, 0.5) is 5.69 Å². The highest BCUT2D eigenvalue weighted by Crippen LogP contribution is 2.43. The van der Waals surface area contributed by atoms with E-state index < -0.39 is 11.5 Å². The summed E-state index contributed by atoms with van der Waals surface area (Å²) < 4.78 is 10.6. The van der Waals surface area contributed by atoms with E-state index in [4.69, 9.17) is 9.47 Å². The molecule has 32 heavy (non-hydrogen) atoms. The van der Waals surface area contributed by atoms with Gasteiger partial charge in [0.15, 0.2) is 22.9 Å². The van der Waals surface area contributed by atoms with E-state index in [0.717, 1.165) is 11.1 Å². The number of nitrogens with zero attached hydrogens (tertiary/aromatic N) is 1. The molecular formula is C26H21NO5. The number of carbonyl (C=O) groups is 2. The molecule has 0 fully saturated rings. The predicted octanol–water partition coefficient (Wildman–Crippen LogP) is 3.82. The Hall–Kier alpha value is -3.90. The molecule has 6 heteroatoms. The van der Waals surface area contributed by atoms with Crippen molar-refractivity contribution in [2.45, 2.75) is 18.6 Å². The van der Waals surface area contributed by atoms with Crippen molar-refractivity contribution in [3.63, 3.8) is 0 Å². The van der Waals surface area contributed by atoms with Gasteiger partial charge in [0.1, 0.15) is 0 Å². The minimum Gasteiger partial charge on any atom is -0.454 e. The first-order valence-corrected chi connectivity index (χ1v) is 10.3. The van der Waals surface area contributed by atoms with Gasteiger partial charge in [0.25, 0.3) is 5.91 Å². The standard InChI is InChI=1S/C26H21NO5/c28-20(12-10-18-11-13-23-24(14-18)32-17-31-23)15-26(30)21-8-4-5-9-22(21)27(25(26)29)16-19-6-2-1-3-7-19/h1-14,30H,15-17H2/b12-10+/t26-/m0/s1. The van der Waals surface area contributed by atoms with Crippen molar-refractivity contribution in [3.05, 3.63) is 95.6 Å². The van der Waals surface area contributed by atoms with Crippen molar-refractivity contribution in [2.24, 2.45) is 0 Å². The Kier molecular flexibility index (Phi) is 4.99. The van der Waals surface area contributed by atoms with E-state index >= 15 is 0 Å². The zero-order valence-corrected chi connectivity index (χ0v) is 17.2. The van der Waals surface area contributed by atoms with Crippen LogP contribution >= 0.6 is 0 Å². The lowest BCUT2D eigenvalue weighted by Crippen LogP contribution is -2.41. The van der Waals surface area contributed by atoms with E-state index in [-0.39, 0.29) is 19.0 Å². The SMILES string of the molecule is O=C(/C=C/c1ccc2c(c1)OCO2)C[C@@]1(O)C(=O)N(Cc2ccccc2)c2ccccc21. The number of fused-ring (bicyclic) bond motifs is 2. The summed E-state index contributed by atoms with van der Waals surface area (Å²) in [6.45, 7) is 0.496. The number of hydrogen-bond acceptors (Lipinski definition) is 5. The Balaban J connectivity index is 1.37. The molecule has 2 aliphatic rings. The number of rotatable bonds is 6. The number of aliphatic hydroxyl groups is 1. The molecule has 1 amide bonds. The molecule has 0 unspecified atom stereocenters. The summed E-state index contributed by atoms with van der Waals surface area (Å²) in [5, 5.41) is 11.4. The first kappa shape index (κ1) is 20.0. The fraction of sp³-hybridized carbons (Fsp3) is 0.154. The fourth-order valence-corrected chi connectivity index (χ4v) is 4.12. The van der Waals surface area contributed by atoms with Crippen molar-refractivity contribution in [1.82, 2.24) is 0 Å². The maximum atomic E-state index is 13.3. The van der Waals surface area contributed by atoms with Gasteiger partial charge in [-0.1, -0.05) is 60.7 Å². The first-order chi connectivity index (χ1) is 15.5. The van der Waals surface area contributed by atoms with Crippen molar-refractivity contribution in [1.29, 1.82) is 0 Å². The van der Waals surface area contributed by atoms with Crippen molar-refractivity contribution in [2.75, 3.05) is 11.7 Å². The summed E-state index contributed by atoms with van der Waals surface area (Å²) in [6.07, 6.45) is 2.68. The summed E-state index contributed by atoms with van der Waals surface area (Å²) in [5.74, 6) is 0.436. The Morgan fingerprint density at radius 2 is 1.75 bits per heavy atom. The summed E-state index contributed by atoms with van der Waals surface area (Å²) in [5.41, 5.74) is 0.872. The molecular weight excluding hydrogens is 406 g/mol. The molecule has 0 bridgehead atoms. The summed E-state index contributed by atoms with van der Waals surface area (Å²) in [4.78, 5) is 27.6. The van der Waals surface area contributed by atoms with Crippen LogP contribution in [0.3, 0.4) is 0 Å². The topological polar surface area (TPSA) is 76.1 Å². The number of anilines is 1. The molecule has 0 aromatic heterocycles. The van der Waals surface area contributed by atoms with Gasteiger partial charge in [0.2, 0.25) is 6.79 Å². The zero-order valence-electron chi connectivity index (χ0n) is 17.2. The molecule has 2 heterocycles. The van der Waals surface area contributed by atoms with Crippen LogP contribution in [0.25, 0.3) is 6.08 Å². The molecule has 3 aromatic carbocycles. The summed E-state index contributed by atoms with van der Waals surface area (Å²) >= 11 is 0. The number of allylic oxidation sites excluding steroid dienone is 1. The first-order valence-electron chi connectivity index (χ1n) is 10.3.